The summed E-state index contributed by atoms with van der Waals surface area (Å²) >= 11 is 0. The zero-order valence-corrected chi connectivity index (χ0v) is 9.10. The van der Waals surface area contributed by atoms with Crippen LogP contribution in [0.2, 0.25) is 0 Å². The van der Waals surface area contributed by atoms with Gasteiger partial charge in [-0.05, 0) is 24.3 Å². The van der Waals surface area contributed by atoms with Crippen molar-refractivity contribution < 1.29 is 4.74 Å². The summed E-state index contributed by atoms with van der Waals surface area (Å²) in [6.07, 6.45) is 0. The molecule has 0 saturated carbocycles. The van der Waals surface area contributed by atoms with Crippen molar-refractivity contribution in [3.05, 3.63) is 42.5 Å². The number of hydrogen-bond donors (Lipinski definition) is 2. The monoisotopic (exact) mass is 214 g/mol. The third-order valence-corrected chi connectivity index (χ3v) is 2.47. The topological polar surface area (TPSA) is 61.3 Å². The van der Waals surface area contributed by atoms with E-state index in [-0.39, 0.29) is 0 Å². The van der Waals surface area contributed by atoms with Gasteiger partial charge in [-0.15, -0.1) is 0 Å². The SMILES string of the molecule is COc1ccccc1-c1cc(N)ccc1N. The first-order chi connectivity index (χ1) is 7.72. The molecule has 0 atom stereocenters. The van der Waals surface area contributed by atoms with Crippen molar-refractivity contribution in [3.8, 4) is 16.9 Å². The first-order valence-electron chi connectivity index (χ1n) is 5.01. The molecule has 0 fully saturated rings. The molecule has 2 aromatic carbocycles. The Labute approximate surface area is 94.6 Å². The van der Waals surface area contributed by atoms with Gasteiger partial charge in [-0.3, -0.25) is 0 Å². The number of nitrogens with two attached hydrogens (primary N) is 2. The van der Waals surface area contributed by atoms with Crippen LogP contribution in [0.15, 0.2) is 42.5 Å². The Kier molecular flexibility index (Phi) is 2.68. The van der Waals surface area contributed by atoms with Gasteiger partial charge in [0, 0.05) is 22.5 Å². The van der Waals surface area contributed by atoms with Crippen molar-refractivity contribution in [2.75, 3.05) is 18.6 Å². The number of nitrogen functional groups attached to an aromatic ring is 2. The Balaban J connectivity index is 2.62. The van der Waals surface area contributed by atoms with E-state index < -0.39 is 0 Å². The molecule has 82 valence electrons. The number of rotatable bonds is 2. The van der Waals surface area contributed by atoms with E-state index in [4.69, 9.17) is 16.2 Å². The molecular formula is C13H14N2O. The average Bonchev–Trinajstić information content (AvgIpc) is 2.32. The molecule has 0 saturated heterocycles. The van der Waals surface area contributed by atoms with Gasteiger partial charge in [-0.2, -0.15) is 0 Å². The van der Waals surface area contributed by atoms with Crippen molar-refractivity contribution in [2.45, 2.75) is 0 Å². The predicted molar refractivity (Wildman–Crippen MR) is 67.3 cm³/mol. The molecule has 0 spiro atoms. The zero-order valence-electron chi connectivity index (χ0n) is 9.10. The summed E-state index contributed by atoms with van der Waals surface area (Å²) < 4.78 is 5.30. The Hall–Kier alpha value is -2.16. The molecule has 0 radical (unpaired) electrons. The van der Waals surface area contributed by atoms with Gasteiger partial charge in [-0.25, -0.2) is 0 Å². The van der Waals surface area contributed by atoms with Gasteiger partial charge >= 0.3 is 0 Å². The van der Waals surface area contributed by atoms with Crippen LogP contribution in [-0.4, -0.2) is 7.11 Å². The Bertz CT molecular complexity index is 509. The lowest BCUT2D eigenvalue weighted by Crippen LogP contribution is -1.94. The van der Waals surface area contributed by atoms with Crippen LogP contribution in [0, 0.1) is 0 Å². The minimum atomic E-state index is 0.690. The molecule has 2 aromatic rings. The van der Waals surface area contributed by atoms with Gasteiger partial charge in [-0.1, -0.05) is 18.2 Å². The summed E-state index contributed by atoms with van der Waals surface area (Å²) in [4.78, 5) is 0. The quantitative estimate of drug-likeness (QED) is 0.755. The molecule has 0 unspecified atom stereocenters. The van der Waals surface area contributed by atoms with E-state index in [0.29, 0.717) is 11.4 Å². The highest BCUT2D eigenvalue weighted by atomic mass is 16.5. The highest BCUT2D eigenvalue weighted by Crippen LogP contribution is 2.34. The molecule has 4 N–H and O–H groups in total. The van der Waals surface area contributed by atoms with E-state index in [0.717, 1.165) is 16.9 Å². The fraction of sp³-hybridized carbons (Fsp3) is 0.0769. The van der Waals surface area contributed by atoms with Crippen molar-refractivity contribution in [2.24, 2.45) is 0 Å². The van der Waals surface area contributed by atoms with Crippen molar-refractivity contribution in [1.82, 2.24) is 0 Å². The Morgan fingerprint density at radius 3 is 2.44 bits per heavy atom. The lowest BCUT2D eigenvalue weighted by atomic mass is 10.0. The standard InChI is InChI=1S/C13H14N2O/c1-16-13-5-3-2-4-10(13)11-8-9(14)6-7-12(11)15/h2-8H,14-15H2,1H3. The second kappa shape index (κ2) is 4.14. The fourth-order valence-corrected chi connectivity index (χ4v) is 1.67. The smallest absolute Gasteiger partial charge is 0.126 e. The van der Waals surface area contributed by atoms with E-state index in [2.05, 4.69) is 0 Å². The number of ether oxygens (including phenoxy) is 1. The van der Waals surface area contributed by atoms with Gasteiger partial charge < -0.3 is 16.2 Å². The van der Waals surface area contributed by atoms with E-state index in [1.54, 1.807) is 19.2 Å². The van der Waals surface area contributed by atoms with Crippen LogP contribution >= 0.6 is 0 Å². The molecule has 3 nitrogen and oxygen atoms in total. The van der Waals surface area contributed by atoms with Crippen LogP contribution in [0.25, 0.3) is 11.1 Å². The van der Waals surface area contributed by atoms with Crippen LogP contribution in [0.5, 0.6) is 5.75 Å². The maximum absolute atomic E-state index is 5.93. The minimum Gasteiger partial charge on any atom is -0.496 e. The van der Waals surface area contributed by atoms with Crippen molar-refractivity contribution in [1.29, 1.82) is 0 Å². The molecule has 0 aliphatic carbocycles. The van der Waals surface area contributed by atoms with Crippen LogP contribution in [0.3, 0.4) is 0 Å². The lowest BCUT2D eigenvalue weighted by Gasteiger charge is -2.11. The number of benzene rings is 2. The van der Waals surface area contributed by atoms with E-state index in [9.17, 15) is 0 Å². The summed E-state index contributed by atoms with van der Waals surface area (Å²) in [6, 6.07) is 13.2. The number of para-hydroxylation sites is 1. The molecule has 0 aliphatic heterocycles. The zero-order chi connectivity index (χ0) is 11.5. The number of methoxy groups -OCH3 is 1. The predicted octanol–water partition coefficient (Wildman–Crippen LogP) is 2.53. The number of hydrogen-bond acceptors (Lipinski definition) is 3. The van der Waals surface area contributed by atoms with Gasteiger partial charge in [0.2, 0.25) is 0 Å². The summed E-state index contributed by atoms with van der Waals surface area (Å²) in [5.41, 5.74) is 14.9. The van der Waals surface area contributed by atoms with Crippen LogP contribution < -0.4 is 16.2 Å². The molecule has 0 bridgehead atoms. The summed E-state index contributed by atoms with van der Waals surface area (Å²) in [5, 5.41) is 0. The third kappa shape index (κ3) is 1.80. The van der Waals surface area contributed by atoms with Gasteiger partial charge in [0.15, 0.2) is 0 Å². The lowest BCUT2D eigenvalue weighted by molar-refractivity contribution is 0.416. The van der Waals surface area contributed by atoms with Gasteiger partial charge in [0.05, 0.1) is 7.11 Å². The normalized spacial score (nSPS) is 10.1. The van der Waals surface area contributed by atoms with E-state index in [1.807, 2.05) is 30.3 Å². The van der Waals surface area contributed by atoms with Crippen molar-refractivity contribution >= 4 is 11.4 Å². The first kappa shape index (κ1) is 10.4. The third-order valence-electron chi connectivity index (χ3n) is 2.47. The molecule has 3 heteroatoms. The highest BCUT2D eigenvalue weighted by Gasteiger charge is 2.08. The minimum absolute atomic E-state index is 0.690. The number of anilines is 2. The molecule has 0 amide bonds. The fourth-order valence-electron chi connectivity index (χ4n) is 1.67. The maximum atomic E-state index is 5.93. The summed E-state index contributed by atoms with van der Waals surface area (Å²) in [6.45, 7) is 0. The molecule has 0 aliphatic rings. The average molecular weight is 214 g/mol. The molecule has 16 heavy (non-hydrogen) atoms. The molecule has 0 heterocycles. The highest BCUT2D eigenvalue weighted by molar-refractivity contribution is 5.82. The molecule has 0 aromatic heterocycles. The van der Waals surface area contributed by atoms with Gasteiger partial charge in [0.25, 0.3) is 0 Å². The Morgan fingerprint density at radius 2 is 1.69 bits per heavy atom. The summed E-state index contributed by atoms with van der Waals surface area (Å²) in [7, 11) is 1.64. The van der Waals surface area contributed by atoms with Crippen LogP contribution in [0.1, 0.15) is 0 Å². The van der Waals surface area contributed by atoms with Gasteiger partial charge in [0.1, 0.15) is 5.75 Å². The van der Waals surface area contributed by atoms with Crippen LogP contribution in [0.4, 0.5) is 11.4 Å². The van der Waals surface area contributed by atoms with E-state index in [1.165, 1.54) is 0 Å². The second-order valence-corrected chi connectivity index (χ2v) is 3.55. The second-order valence-electron chi connectivity index (χ2n) is 3.55. The van der Waals surface area contributed by atoms with E-state index >= 15 is 0 Å². The Morgan fingerprint density at radius 1 is 0.938 bits per heavy atom. The maximum Gasteiger partial charge on any atom is 0.126 e. The van der Waals surface area contributed by atoms with Crippen molar-refractivity contribution in [3.63, 3.8) is 0 Å². The molecule has 2 rings (SSSR count). The first-order valence-corrected chi connectivity index (χ1v) is 5.01. The summed E-state index contributed by atoms with van der Waals surface area (Å²) in [5.74, 6) is 0.791. The largest absolute Gasteiger partial charge is 0.496 e. The molecular weight excluding hydrogens is 200 g/mol. The van der Waals surface area contributed by atoms with Crippen LogP contribution in [-0.2, 0) is 0 Å².